The normalized spacial score (nSPS) is 12.1. The van der Waals surface area contributed by atoms with Gasteiger partial charge in [0.2, 0.25) is 0 Å². The highest BCUT2D eigenvalue weighted by Gasteiger charge is 2.17. The zero-order valence-electron chi connectivity index (χ0n) is 13.4. The van der Waals surface area contributed by atoms with Gasteiger partial charge in [-0.25, -0.2) is 0 Å². The van der Waals surface area contributed by atoms with Gasteiger partial charge in [0, 0.05) is 6.54 Å². The van der Waals surface area contributed by atoms with Crippen molar-refractivity contribution in [2.45, 2.75) is 39.8 Å². The van der Waals surface area contributed by atoms with Crippen LogP contribution >= 0.6 is 0 Å². The number of carboxylic acid groups (broad SMARTS) is 1. The molecule has 0 saturated heterocycles. The van der Waals surface area contributed by atoms with E-state index in [2.05, 4.69) is 38.2 Å². The van der Waals surface area contributed by atoms with E-state index in [-0.39, 0.29) is 0 Å². The summed E-state index contributed by atoms with van der Waals surface area (Å²) in [6.07, 6.45) is 0.486. The average Bonchev–Trinajstić information content (AvgIpc) is 2.49. The lowest BCUT2D eigenvalue weighted by Gasteiger charge is -2.16. The number of carboxylic acids is 1. The van der Waals surface area contributed by atoms with Crippen molar-refractivity contribution < 1.29 is 9.90 Å². The molecule has 0 unspecified atom stereocenters. The van der Waals surface area contributed by atoms with Gasteiger partial charge in [-0.2, -0.15) is 0 Å². The van der Waals surface area contributed by atoms with Crippen molar-refractivity contribution in [3.05, 3.63) is 70.3 Å². The maximum atomic E-state index is 11.5. The number of rotatable bonds is 6. The molecule has 0 aliphatic heterocycles. The molecule has 0 aliphatic carbocycles. The van der Waals surface area contributed by atoms with Crippen LogP contribution in [-0.4, -0.2) is 17.1 Å². The van der Waals surface area contributed by atoms with Crippen LogP contribution in [0.2, 0.25) is 0 Å². The summed E-state index contributed by atoms with van der Waals surface area (Å²) in [5, 5.41) is 12.6. The van der Waals surface area contributed by atoms with E-state index in [0.29, 0.717) is 13.0 Å². The summed E-state index contributed by atoms with van der Waals surface area (Å²) in [4.78, 5) is 11.5. The van der Waals surface area contributed by atoms with Gasteiger partial charge in [-0.15, -0.1) is 0 Å². The van der Waals surface area contributed by atoms with Crippen LogP contribution in [0.5, 0.6) is 0 Å². The molecule has 1 atom stereocenters. The van der Waals surface area contributed by atoms with Crippen LogP contribution in [0.1, 0.15) is 27.8 Å². The van der Waals surface area contributed by atoms with Crippen molar-refractivity contribution in [1.29, 1.82) is 0 Å². The van der Waals surface area contributed by atoms with Crippen molar-refractivity contribution in [1.82, 2.24) is 5.32 Å². The molecule has 0 aromatic heterocycles. The second-order valence-electron chi connectivity index (χ2n) is 5.82. The first-order valence-electron chi connectivity index (χ1n) is 7.54. The molecular weight excluding hydrogens is 274 g/mol. The number of carbonyl (C=O) groups is 1. The van der Waals surface area contributed by atoms with Gasteiger partial charge in [0.25, 0.3) is 0 Å². The molecule has 0 radical (unpaired) electrons. The third-order valence-corrected chi connectivity index (χ3v) is 4.07. The Morgan fingerprint density at radius 2 is 1.68 bits per heavy atom. The number of benzene rings is 2. The summed E-state index contributed by atoms with van der Waals surface area (Å²) < 4.78 is 0. The maximum absolute atomic E-state index is 11.5. The lowest BCUT2D eigenvalue weighted by atomic mass is 10.00. The van der Waals surface area contributed by atoms with Crippen LogP contribution in [0.4, 0.5) is 0 Å². The Balaban J connectivity index is 2.06. The van der Waals surface area contributed by atoms with Gasteiger partial charge >= 0.3 is 5.97 Å². The molecule has 2 N–H and O–H groups in total. The molecule has 3 heteroatoms. The van der Waals surface area contributed by atoms with Gasteiger partial charge in [0.15, 0.2) is 0 Å². The van der Waals surface area contributed by atoms with E-state index in [1.807, 2.05) is 30.3 Å². The first-order valence-corrected chi connectivity index (χ1v) is 7.54. The van der Waals surface area contributed by atoms with Crippen LogP contribution in [-0.2, 0) is 17.8 Å². The van der Waals surface area contributed by atoms with E-state index in [0.717, 1.165) is 11.1 Å². The van der Waals surface area contributed by atoms with Crippen molar-refractivity contribution >= 4 is 5.97 Å². The molecular formula is C19H23NO2. The zero-order chi connectivity index (χ0) is 16.1. The molecule has 0 heterocycles. The Kier molecular flexibility index (Phi) is 5.34. The van der Waals surface area contributed by atoms with Crippen LogP contribution in [0.15, 0.2) is 42.5 Å². The minimum Gasteiger partial charge on any atom is -0.480 e. The summed E-state index contributed by atoms with van der Waals surface area (Å²) >= 11 is 0. The van der Waals surface area contributed by atoms with Crippen molar-refractivity contribution in [2.24, 2.45) is 0 Å². The molecule has 0 amide bonds. The topological polar surface area (TPSA) is 49.3 Å². The minimum atomic E-state index is -0.815. The molecule has 22 heavy (non-hydrogen) atoms. The van der Waals surface area contributed by atoms with E-state index in [4.69, 9.17) is 0 Å². The summed E-state index contributed by atoms with van der Waals surface area (Å²) in [6, 6.07) is 13.4. The third kappa shape index (κ3) is 4.18. The Bertz CT molecular complexity index is 650. The van der Waals surface area contributed by atoms with Crippen molar-refractivity contribution in [3.63, 3.8) is 0 Å². The fourth-order valence-electron chi connectivity index (χ4n) is 2.54. The van der Waals surface area contributed by atoms with Gasteiger partial charge in [-0.05, 0) is 55.0 Å². The van der Waals surface area contributed by atoms with E-state index in [9.17, 15) is 9.90 Å². The number of hydrogen-bond acceptors (Lipinski definition) is 2. The highest BCUT2D eigenvalue weighted by Crippen LogP contribution is 2.15. The van der Waals surface area contributed by atoms with Gasteiger partial charge in [-0.3, -0.25) is 4.79 Å². The molecule has 0 bridgehead atoms. The quantitative estimate of drug-likeness (QED) is 0.859. The summed E-state index contributed by atoms with van der Waals surface area (Å²) in [5.41, 5.74) is 5.87. The highest BCUT2D eigenvalue weighted by molar-refractivity contribution is 5.73. The van der Waals surface area contributed by atoms with E-state index >= 15 is 0 Å². The predicted octanol–water partition coefficient (Wildman–Crippen LogP) is 3.40. The van der Waals surface area contributed by atoms with Gasteiger partial charge in [-0.1, -0.05) is 42.5 Å². The molecule has 0 aliphatic rings. The van der Waals surface area contributed by atoms with E-state index in [1.54, 1.807) is 0 Å². The van der Waals surface area contributed by atoms with E-state index in [1.165, 1.54) is 16.7 Å². The molecule has 2 aromatic carbocycles. The number of aliphatic carboxylic acids is 1. The largest absolute Gasteiger partial charge is 0.480 e. The minimum absolute atomic E-state index is 0.486. The Hall–Kier alpha value is -2.13. The fourth-order valence-corrected chi connectivity index (χ4v) is 2.54. The van der Waals surface area contributed by atoms with Gasteiger partial charge in [0.1, 0.15) is 6.04 Å². The summed E-state index contributed by atoms with van der Waals surface area (Å²) in [7, 11) is 0. The van der Waals surface area contributed by atoms with Gasteiger partial charge in [0.05, 0.1) is 0 Å². The molecule has 0 fully saturated rings. The Labute approximate surface area is 132 Å². The summed E-state index contributed by atoms with van der Waals surface area (Å²) in [6.45, 7) is 6.80. The van der Waals surface area contributed by atoms with Crippen LogP contribution < -0.4 is 5.32 Å². The molecule has 2 rings (SSSR count). The number of hydrogen-bond donors (Lipinski definition) is 2. The second-order valence-corrected chi connectivity index (χ2v) is 5.82. The number of nitrogens with one attached hydrogen (secondary N) is 1. The predicted molar refractivity (Wildman–Crippen MR) is 89.1 cm³/mol. The SMILES string of the molecule is Cc1cc(C)c(CN[C@H](Cc2ccccc2)C(=O)O)cc1C. The molecule has 2 aromatic rings. The third-order valence-electron chi connectivity index (χ3n) is 4.07. The van der Waals surface area contributed by atoms with Gasteiger partial charge < -0.3 is 10.4 Å². The lowest BCUT2D eigenvalue weighted by molar-refractivity contribution is -0.139. The highest BCUT2D eigenvalue weighted by atomic mass is 16.4. The molecule has 0 spiro atoms. The van der Waals surface area contributed by atoms with E-state index < -0.39 is 12.0 Å². The first kappa shape index (κ1) is 16.2. The van der Waals surface area contributed by atoms with Crippen molar-refractivity contribution in [2.75, 3.05) is 0 Å². The Morgan fingerprint density at radius 3 is 2.32 bits per heavy atom. The van der Waals surface area contributed by atoms with Crippen LogP contribution in [0.3, 0.4) is 0 Å². The van der Waals surface area contributed by atoms with Crippen molar-refractivity contribution in [3.8, 4) is 0 Å². The number of aryl methyl sites for hydroxylation is 3. The maximum Gasteiger partial charge on any atom is 0.321 e. The second kappa shape index (κ2) is 7.23. The van der Waals surface area contributed by atoms with Crippen LogP contribution in [0, 0.1) is 20.8 Å². The molecule has 3 nitrogen and oxygen atoms in total. The monoisotopic (exact) mass is 297 g/mol. The fraction of sp³-hybridized carbons (Fsp3) is 0.316. The lowest BCUT2D eigenvalue weighted by Crippen LogP contribution is -2.38. The smallest absolute Gasteiger partial charge is 0.321 e. The summed E-state index contributed by atoms with van der Waals surface area (Å²) in [5.74, 6) is -0.815. The zero-order valence-corrected chi connectivity index (χ0v) is 13.4. The van der Waals surface area contributed by atoms with Crippen LogP contribution in [0.25, 0.3) is 0 Å². The molecule has 0 saturated carbocycles. The first-order chi connectivity index (χ1) is 10.5. The standard InChI is InChI=1S/C19H23NO2/c1-13-9-15(3)17(10-14(13)2)12-20-18(19(21)22)11-16-7-5-4-6-8-16/h4-10,18,20H,11-12H2,1-3H3,(H,21,22)/t18-/m1/s1. The Morgan fingerprint density at radius 1 is 1.05 bits per heavy atom. The molecule has 116 valence electrons. The average molecular weight is 297 g/mol.